The standard InChI is InChI=1S/C30H41N3O5/c1-6-16-31(17-7-2)26(35)23-24-27(36)33(21(4)20-34)25(30(24)15-14-29(23,5)38-30)28(37)32(18-8-3)19-22-12-10-9-11-13-22/h6,8-13,21,23-25,34H,1,3,7,14-20H2,2,4-5H3/t21-,23+,24+,25?,29-,30?/m1/s1. The van der Waals surface area contributed by atoms with Gasteiger partial charge in [-0.3, -0.25) is 14.4 Å². The summed E-state index contributed by atoms with van der Waals surface area (Å²) >= 11 is 0. The average molecular weight is 524 g/mol. The van der Waals surface area contributed by atoms with Crippen molar-refractivity contribution in [1.82, 2.24) is 14.7 Å². The highest BCUT2D eigenvalue weighted by Gasteiger charge is 2.78. The molecular weight excluding hydrogens is 482 g/mol. The first-order chi connectivity index (χ1) is 18.2. The van der Waals surface area contributed by atoms with Crippen LogP contribution < -0.4 is 0 Å². The van der Waals surface area contributed by atoms with Crippen LogP contribution in [0.1, 0.15) is 45.6 Å². The summed E-state index contributed by atoms with van der Waals surface area (Å²) in [6.07, 6.45) is 5.21. The molecule has 3 fully saturated rings. The van der Waals surface area contributed by atoms with Crippen LogP contribution in [0.3, 0.4) is 0 Å². The second kappa shape index (κ2) is 11.0. The quantitative estimate of drug-likeness (QED) is 0.426. The second-order valence-corrected chi connectivity index (χ2v) is 11.1. The lowest BCUT2D eigenvalue weighted by atomic mass is 9.66. The minimum Gasteiger partial charge on any atom is -0.394 e. The van der Waals surface area contributed by atoms with Crippen molar-refractivity contribution in [3.8, 4) is 0 Å². The Hall–Kier alpha value is -2.97. The summed E-state index contributed by atoms with van der Waals surface area (Å²) in [7, 11) is 0. The number of hydrogen-bond acceptors (Lipinski definition) is 5. The van der Waals surface area contributed by atoms with Crippen molar-refractivity contribution in [1.29, 1.82) is 0 Å². The molecule has 1 aromatic rings. The summed E-state index contributed by atoms with van der Waals surface area (Å²) in [5.41, 5.74) is -1.02. The van der Waals surface area contributed by atoms with Gasteiger partial charge in [-0.2, -0.15) is 0 Å². The number of hydrogen-bond donors (Lipinski definition) is 1. The molecule has 3 heterocycles. The van der Waals surface area contributed by atoms with Crippen LogP contribution in [0, 0.1) is 11.8 Å². The fourth-order valence-electron chi connectivity index (χ4n) is 6.86. The third-order valence-corrected chi connectivity index (χ3v) is 8.49. The van der Waals surface area contributed by atoms with E-state index in [4.69, 9.17) is 4.74 Å². The lowest BCUT2D eigenvalue weighted by Gasteiger charge is -2.38. The Morgan fingerprint density at radius 3 is 2.42 bits per heavy atom. The van der Waals surface area contributed by atoms with Gasteiger partial charge in [-0.15, -0.1) is 13.2 Å². The number of benzene rings is 1. The number of amides is 3. The van der Waals surface area contributed by atoms with Crippen LogP contribution in [0.15, 0.2) is 55.6 Å². The van der Waals surface area contributed by atoms with Crippen molar-refractivity contribution >= 4 is 17.7 Å². The van der Waals surface area contributed by atoms with Crippen molar-refractivity contribution in [2.75, 3.05) is 26.2 Å². The fraction of sp³-hybridized carbons (Fsp3) is 0.567. The lowest BCUT2D eigenvalue weighted by molar-refractivity contribution is -0.156. The molecule has 8 nitrogen and oxygen atoms in total. The summed E-state index contributed by atoms with van der Waals surface area (Å²) in [6.45, 7) is 14.6. The monoisotopic (exact) mass is 523 g/mol. The SMILES string of the molecule is C=CCN(Cc1ccccc1)C(=O)C1N([C@H](C)CO)C(=O)[C@@H]2[C@@H](C(=O)N(CC=C)CCC)[C@@]3(C)CCC12O3. The van der Waals surface area contributed by atoms with Gasteiger partial charge in [0.15, 0.2) is 0 Å². The number of fused-ring (bicyclic) bond motifs is 1. The van der Waals surface area contributed by atoms with E-state index >= 15 is 0 Å². The second-order valence-electron chi connectivity index (χ2n) is 11.1. The molecule has 8 heteroatoms. The summed E-state index contributed by atoms with van der Waals surface area (Å²) in [5.74, 6) is -2.17. The van der Waals surface area contributed by atoms with Crippen LogP contribution >= 0.6 is 0 Å². The molecule has 4 rings (SSSR count). The van der Waals surface area contributed by atoms with Crippen LogP contribution in [0.5, 0.6) is 0 Å². The first-order valence-electron chi connectivity index (χ1n) is 13.7. The number of aliphatic hydroxyl groups excluding tert-OH is 1. The Kier molecular flexibility index (Phi) is 8.14. The maximum Gasteiger partial charge on any atom is 0.249 e. The van der Waals surface area contributed by atoms with Crippen LogP contribution in [-0.4, -0.2) is 87.1 Å². The maximum atomic E-state index is 14.4. The molecule has 6 atom stereocenters. The molecule has 0 aliphatic carbocycles. The number of nitrogens with zero attached hydrogens (tertiary/aromatic N) is 3. The van der Waals surface area contributed by atoms with E-state index in [1.54, 1.807) is 28.9 Å². The van der Waals surface area contributed by atoms with Crippen molar-refractivity contribution in [3.05, 3.63) is 61.2 Å². The molecule has 3 saturated heterocycles. The molecule has 38 heavy (non-hydrogen) atoms. The minimum atomic E-state index is -1.13. The highest BCUT2D eigenvalue weighted by Crippen LogP contribution is 2.63. The summed E-state index contributed by atoms with van der Waals surface area (Å²) < 4.78 is 6.73. The molecule has 1 spiro atoms. The largest absolute Gasteiger partial charge is 0.394 e. The van der Waals surface area contributed by atoms with Crippen molar-refractivity contribution in [3.63, 3.8) is 0 Å². The molecule has 0 radical (unpaired) electrons. The van der Waals surface area contributed by atoms with Gasteiger partial charge in [-0.1, -0.05) is 49.4 Å². The van der Waals surface area contributed by atoms with Gasteiger partial charge in [0.05, 0.1) is 30.1 Å². The van der Waals surface area contributed by atoms with Crippen LogP contribution in [0.4, 0.5) is 0 Å². The Morgan fingerprint density at radius 1 is 1.16 bits per heavy atom. The molecule has 206 valence electrons. The molecule has 1 N–H and O–H groups in total. The van der Waals surface area contributed by atoms with Gasteiger partial charge >= 0.3 is 0 Å². The lowest BCUT2D eigenvalue weighted by Crippen LogP contribution is -2.58. The molecule has 3 amide bonds. The number of likely N-dealkylation sites (tertiary alicyclic amines) is 1. The average Bonchev–Trinajstić information content (AvgIpc) is 3.48. The normalized spacial score (nSPS) is 30.2. The Bertz CT molecular complexity index is 1080. The highest BCUT2D eigenvalue weighted by atomic mass is 16.5. The van der Waals surface area contributed by atoms with E-state index in [0.717, 1.165) is 12.0 Å². The predicted octanol–water partition coefficient (Wildman–Crippen LogP) is 2.77. The van der Waals surface area contributed by atoms with E-state index in [2.05, 4.69) is 13.2 Å². The zero-order chi connectivity index (χ0) is 27.7. The fourth-order valence-corrected chi connectivity index (χ4v) is 6.86. The van der Waals surface area contributed by atoms with Gasteiger partial charge in [-0.05, 0) is 38.7 Å². The number of ether oxygens (including phenoxy) is 1. The van der Waals surface area contributed by atoms with E-state index in [9.17, 15) is 19.5 Å². The molecule has 3 aliphatic heterocycles. The molecule has 0 saturated carbocycles. The third kappa shape index (κ3) is 4.47. The molecule has 1 aromatic carbocycles. The van der Waals surface area contributed by atoms with Gasteiger partial charge in [0.1, 0.15) is 11.6 Å². The molecule has 2 unspecified atom stereocenters. The minimum absolute atomic E-state index is 0.133. The zero-order valence-corrected chi connectivity index (χ0v) is 22.8. The van der Waals surface area contributed by atoms with Crippen molar-refractivity contribution in [2.24, 2.45) is 11.8 Å². The summed E-state index contributed by atoms with van der Waals surface area (Å²) in [6, 6.07) is 8.12. The Morgan fingerprint density at radius 2 is 1.82 bits per heavy atom. The van der Waals surface area contributed by atoms with E-state index < -0.39 is 35.1 Å². The van der Waals surface area contributed by atoms with Gasteiger partial charge in [-0.25, -0.2) is 0 Å². The first-order valence-corrected chi connectivity index (χ1v) is 13.7. The molecule has 0 aromatic heterocycles. The van der Waals surface area contributed by atoms with Gasteiger partial charge in [0.25, 0.3) is 0 Å². The number of rotatable bonds is 12. The van der Waals surface area contributed by atoms with E-state index in [1.165, 1.54) is 4.90 Å². The predicted molar refractivity (Wildman–Crippen MR) is 145 cm³/mol. The zero-order valence-electron chi connectivity index (χ0n) is 22.8. The van der Waals surface area contributed by atoms with Gasteiger partial charge < -0.3 is 24.5 Å². The smallest absolute Gasteiger partial charge is 0.249 e. The molecular formula is C30H41N3O5. The van der Waals surface area contributed by atoms with Crippen molar-refractivity contribution in [2.45, 2.75) is 69.9 Å². The van der Waals surface area contributed by atoms with Gasteiger partial charge in [0, 0.05) is 26.2 Å². The summed E-state index contributed by atoms with van der Waals surface area (Å²) in [4.78, 5) is 47.4. The van der Waals surface area contributed by atoms with Crippen LogP contribution in [-0.2, 0) is 25.7 Å². The Balaban J connectivity index is 1.77. The van der Waals surface area contributed by atoms with E-state index in [-0.39, 0.29) is 24.3 Å². The highest BCUT2D eigenvalue weighted by molar-refractivity contribution is 5.99. The molecule has 3 aliphatic rings. The first kappa shape index (κ1) is 28.0. The number of carbonyl (C=O) groups excluding carboxylic acids is 3. The number of aliphatic hydroxyl groups is 1. The Labute approximate surface area is 225 Å². The van der Waals surface area contributed by atoms with Gasteiger partial charge in [0.2, 0.25) is 17.7 Å². The van der Waals surface area contributed by atoms with Crippen molar-refractivity contribution < 1.29 is 24.2 Å². The van der Waals surface area contributed by atoms with E-state index in [1.807, 2.05) is 44.2 Å². The third-order valence-electron chi connectivity index (χ3n) is 8.49. The summed E-state index contributed by atoms with van der Waals surface area (Å²) in [5, 5.41) is 10.1. The van der Waals surface area contributed by atoms with Crippen LogP contribution in [0.25, 0.3) is 0 Å². The van der Waals surface area contributed by atoms with Crippen LogP contribution in [0.2, 0.25) is 0 Å². The van der Waals surface area contributed by atoms with E-state index in [0.29, 0.717) is 39.0 Å². The molecule has 2 bridgehead atoms. The topological polar surface area (TPSA) is 90.4 Å². The maximum absolute atomic E-state index is 14.4. The number of carbonyl (C=O) groups is 3.